The smallest absolute Gasteiger partial charge is 0.282 e. The normalized spacial score (nSPS) is 15.0. The molecule has 0 saturated carbocycles. The number of imide groups is 1. The Bertz CT molecular complexity index is 1370. The topological polar surface area (TPSA) is 67.9 Å². The van der Waals surface area contributed by atoms with Crippen molar-refractivity contribution < 1.29 is 27.8 Å². The third-order valence-corrected chi connectivity index (χ3v) is 5.67. The fourth-order valence-corrected chi connectivity index (χ4v) is 3.81. The molecule has 3 aromatic carbocycles. The number of carbonyl (C=O) groups is 2. The third-order valence-electron chi connectivity index (χ3n) is 5.67. The molecule has 8 heteroatoms. The number of aryl methyl sites for hydroxylation is 2. The summed E-state index contributed by atoms with van der Waals surface area (Å²) in [5, 5.41) is 2.98. The van der Waals surface area contributed by atoms with Crippen molar-refractivity contribution in [1.29, 1.82) is 0 Å². The van der Waals surface area contributed by atoms with E-state index in [0.29, 0.717) is 27.6 Å². The number of amides is 2. The van der Waals surface area contributed by atoms with Gasteiger partial charge in [0, 0.05) is 17.8 Å². The average Bonchev–Trinajstić information content (AvgIpc) is 3.34. The Morgan fingerprint density at radius 1 is 0.848 bits per heavy atom. The number of fused-ring (bicyclic) bond motifs is 1. The summed E-state index contributed by atoms with van der Waals surface area (Å²) in [5.41, 5.74) is 2.44. The Labute approximate surface area is 188 Å². The molecule has 0 aliphatic carbocycles. The highest BCUT2D eigenvalue weighted by Crippen LogP contribution is 2.38. The summed E-state index contributed by atoms with van der Waals surface area (Å²) in [6.07, 6.45) is 0. The standard InChI is InChI=1S/C25H18F2N2O4/c1-13-3-4-15(9-14(13)2)22-23(28-17-6-8-20-21(11-17)33-12-32-20)25(31)29(24(22)30)19-10-16(26)5-7-18(19)27/h3-11,28H,12H2,1-2H3. The molecule has 0 spiro atoms. The average molecular weight is 448 g/mol. The van der Waals surface area contributed by atoms with Gasteiger partial charge in [-0.05, 0) is 54.8 Å². The molecule has 2 aliphatic rings. The van der Waals surface area contributed by atoms with Gasteiger partial charge in [-0.15, -0.1) is 0 Å². The first-order valence-electron chi connectivity index (χ1n) is 10.2. The summed E-state index contributed by atoms with van der Waals surface area (Å²) >= 11 is 0. The predicted molar refractivity (Wildman–Crippen MR) is 118 cm³/mol. The second-order valence-electron chi connectivity index (χ2n) is 7.78. The highest BCUT2D eigenvalue weighted by molar-refractivity contribution is 6.46. The molecule has 0 saturated heterocycles. The molecule has 2 amide bonds. The van der Waals surface area contributed by atoms with Crippen LogP contribution in [0, 0.1) is 25.5 Å². The maximum atomic E-state index is 14.5. The van der Waals surface area contributed by atoms with Gasteiger partial charge in [-0.2, -0.15) is 0 Å². The van der Waals surface area contributed by atoms with E-state index < -0.39 is 29.1 Å². The zero-order valence-electron chi connectivity index (χ0n) is 17.7. The summed E-state index contributed by atoms with van der Waals surface area (Å²) in [7, 11) is 0. The Kier molecular flexibility index (Phi) is 4.85. The molecule has 5 rings (SSSR count). The first-order valence-corrected chi connectivity index (χ1v) is 10.2. The number of hydrogen-bond acceptors (Lipinski definition) is 5. The van der Waals surface area contributed by atoms with Gasteiger partial charge in [0.15, 0.2) is 11.5 Å². The van der Waals surface area contributed by atoms with E-state index in [-0.39, 0.29) is 18.1 Å². The van der Waals surface area contributed by atoms with Gasteiger partial charge in [-0.1, -0.05) is 18.2 Å². The number of nitrogens with zero attached hydrogens (tertiary/aromatic N) is 1. The van der Waals surface area contributed by atoms with Crippen molar-refractivity contribution in [1.82, 2.24) is 0 Å². The third kappa shape index (κ3) is 3.49. The first kappa shape index (κ1) is 20.7. The van der Waals surface area contributed by atoms with Crippen molar-refractivity contribution in [3.05, 3.63) is 88.6 Å². The lowest BCUT2D eigenvalue weighted by Crippen LogP contribution is -2.33. The minimum absolute atomic E-state index is 0.0502. The molecule has 0 unspecified atom stereocenters. The quantitative estimate of drug-likeness (QED) is 0.586. The Balaban J connectivity index is 1.63. The van der Waals surface area contributed by atoms with E-state index in [1.165, 1.54) is 0 Å². The van der Waals surface area contributed by atoms with Crippen LogP contribution in [0.15, 0.2) is 60.3 Å². The van der Waals surface area contributed by atoms with E-state index in [4.69, 9.17) is 9.47 Å². The van der Waals surface area contributed by atoms with Gasteiger partial charge in [0.05, 0.1) is 11.3 Å². The first-order chi connectivity index (χ1) is 15.8. The van der Waals surface area contributed by atoms with Crippen LogP contribution in [0.3, 0.4) is 0 Å². The molecule has 0 radical (unpaired) electrons. The Morgan fingerprint density at radius 2 is 1.64 bits per heavy atom. The van der Waals surface area contributed by atoms with Crippen LogP contribution >= 0.6 is 0 Å². The molecular weight excluding hydrogens is 430 g/mol. The fourth-order valence-electron chi connectivity index (χ4n) is 3.81. The molecule has 0 fully saturated rings. The second-order valence-corrected chi connectivity index (χ2v) is 7.78. The van der Waals surface area contributed by atoms with Crippen molar-refractivity contribution in [2.75, 3.05) is 17.0 Å². The summed E-state index contributed by atoms with van der Waals surface area (Å²) in [4.78, 5) is 27.5. The van der Waals surface area contributed by atoms with E-state index in [2.05, 4.69) is 5.32 Å². The monoisotopic (exact) mass is 448 g/mol. The van der Waals surface area contributed by atoms with E-state index in [0.717, 1.165) is 29.3 Å². The van der Waals surface area contributed by atoms with Crippen molar-refractivity contribution in [3.63, 3.8) is 0 Å². The molecule has 0 aromatic heterocycles. The Hall–Kier alpha value is -4.20. The van der Waals surface area contributed by atoms with Crippen molar-refractivity contribution >= 4 is 28.8 Å². The summed E-state index contributed by atoms with van der Waals surface area (Å²) < 4.78 is 39.1. The van der Waals surface area contributed by atoms with Gasteiger partial charge in [-0.3, -0.25) is 9.59 Å². The molecular formula is C25H18F2N2O4. The lowest BCUT2D eigenvalue weighted by atomic mass is 9.99. The number of benzene rings is 3. The molecule has 3 aromatic rings. The second kappa shape index (κ2) is 7.74. The van der Waals surface area contributed by atoms with Crippen LogP contribution < -0.4 is 19.7 Å². The zero-order valence-corrected chi connectivity index (χ0v) is 17.7. The van der Waals surface area contributed by atoms with Gasteiger partial charge >= 0.3 is 0 Å². The molecule has 1 N–H and O–H groups in total. The Morgan fingerprint density at radius 3 is 2.42 bits per heavy atom. The van der Waals surface area contributed by atoms with Crippen molar-refractivity contribution in [3.8, 4) is 11.5 Å². The van der Waals surface area contributed by atoms with Gasteiger partial charge in [0.25, 0.3) is 11.8 Å². The van der Waals surface area contributed by atoms with Crippen molar-refractivity contribution in [2.24, 2.45) is 0 Å². The van der Waals surface area contributed by atoms with E-state index in [9.17, 15) is 18.4 Å². The summed E-state index contributed by atoms with van der Waals surface area (Å²) in [6, 6.07) is 12.9. The van der Waals surface area contributed by atoms with Crippen LogP contribution in [0.4, 0.5) is 20.2 Å². The molecule has 2 aliphatic heterocycles. The number of ether oxygens (including phenoxy) is 2. The predicted octanol–water partition coefficient (Wildman–Crippen LogP) is 4.71. The van der Waals surface area contributed by atoms with E-state index in [1.54, 1.807) is 30.3 Å². The van der Waals surface area contributed by atoms with E-state index in [1.807, 2.05) is 19.9 Å². The van der Waals surface area contributed by atoms with Crippen molar-refractivity contribution in [2.45, 2.75) is 13.8 Å². The number of hydrogen-bond donors (Lipinski definition) is 1. The maximum Gasteiger partial charge on any atom is 0.282 e. The SMILES string of the molecule is Cc1ccc(C2=C(Nc3ccc4c(c3)OCO4)C(=O)N(c3cc(F)ccc3F)C2=O)cc1C. The number of rotatable bonds is 4. The number of anilines is 2. The molecule has 6 nitrogen and oxygen atoms in total. The number of nitrogens with one attached hydrogen (secondary N) is 1. The molecule has 33 heavy (non-hydrogen) atoms. The van der Waals surface area contributed by atoms with E-state index >= 15 is 0 Å². The molecule has 2 heterocycles. The molecule has 166 valence electrons. The van der Waals surface area contributed by atoms with Gasteiger partial charge in [0.2, 0.25) is 6.79 Å². The van der Waals surface area contributed by atoms with Gasteiger partial charge in [0.1, 0.15) is 17.3 Å². The lowest BCUT2D eigenvalue weighted by molar-refractivity contribution is -0.120. The van der Waals surface area contributed by atoms with Crippen LogP contribution in [0.2, 0.25) is 0 Å². The number of carbonyl (C=O) groups excluding carboxylic acids is 2. The highest BCUT2D eigenvalue weighted by atomic mass is 19.1. The molecule has 0 bridgehead atoms. The fraction of sp³-hybridized carbons (Fsp3) is 0.120. The van der Waals surface area contributed by atoms with Crippen LogP contribution in [-0.4, -0.2) is 18.6 Å². The van der Waals surface area contributed by atoms with Crippen LogP contribution in [-0.2, 0) is 9.59 Å². The largest absolute Gasteiger partial charge is 0.454 e. The number of halogens is 2. The highest BCUT2D eigenvalue weighted by Gasteiger charge is 2.41. The van der Waals surface area contributed by atoms with Crippen LogP contribution in [0.5, 0.6) is 11.5 Å². The minimum Gasteiger partial charge on any atom is -0.454 e. The maximum absolute atomic E-state index is 14.5. The van der Waals surface area contributed by atoms with Crippen LogP contribution in [0.25, 0.3) is 5.57 Å². The lowest BCUT2D eigenvalue weighted by Gasteiger charge is -2.16. The van der Waals surface area contributed by atoms with Crippen LogP contribution in [0.1, 0.15) is 16.7 Å². The van der Waals surface area contributed by atoms with Gasteiger partial charge < -0.3 is 14.8 Å². The summed E-state index contributed by atoms with van der Waals surface area (Å²) in [6.45, 7) is 3.89. The van der Waals surface area contributed by atoms with Gasteiger partial charge in [-0.25, -0.2) is 13.7 Å². The molecule has 0 atom stereocenters. The zero-order chi connectivity index (χ0) is 23.3. The summed E-state index contributed by atoms with van der Waals surface area (Å²) in [5.74, 6) is -2.16. The minimum atomic E-state index is -0.887.